The van der Waals surface area contributed by atoms with Crippen LogP contribution in [0.1, 0.15) is 48.0 Å². The zero-order chi connectivity index (χ0) is 16.0. The van der Waals surface area contributed by atoms with Gasteiger partial charge in [0.05, 0.1) is 0 Å². The van der Waals surface area contributed by atoms with E-state index in [4.69, 9.17) is 10.5 Å². The molecular formula is C14H29N3O3. The first-order valence-electron chi connectivity index (χ1n) is 6.93. The number of carbonyl (C=O) groups excluding carboxylic acids is 2. The Morgan fingerprint density at radius 3 is 2.05 bits per heavy atom. The number of nitrogens with zero attached hydrogens (tertiary/aromatic N) is 1. The number of amides is 2. The van der Waals surface area contributed by atoms with Crippen molar-refractivity contribution < 1.29 is 14.3 Å². The first-order valence-corrected chi connectivity index (χ1v) is 6.93. The molecule has 0 heterocycles. The maximum atomic E-state index is 12.0. The molecule has 0 aromatic rings. The first kappa shape index (κ1) is 18.7. The summed E-state index contributed by atoms with van der Waals surface area (Å²) in [7, 11) is 0. The summed E-state index contributed by atoms with van der Waals surface area (Å²) >= 11 is 0. The molecule has 0 atom stereocenters. The molecule has 0 aliphatic rings. The fourth-order valence-corrected chi connectivity index (χ4v) is 1.49. The van der Waals surface area contributed by atoms with E-state index in [0.717, 1.165) is 0 Å². The zero-order valence-corrected chi connectivity index (χ0v) is 13.6. The van der Waals surface area contributed by atoms with E-state index in [1.807, 2.05) is 20.8 Å². The topological polar surface area (TPSA) is 84.7 Å². The molecule has 0 bridgehead atoms. The maximum Gasteiger partial charge on any atom is 0.410 e. The Morgan fingerprint density at radius 1 is 1.10 bits per heavy atom. The fraction of sp³-hybridized carbons (Fsp3) is 0.857. The third kappa shape index (κ3) is 9.61. The number of rotatable bonds is 5. The summed E-state index contributed by atoms with van der Waals surface area (Å²) in [6.07, 6.45) is -0.206. The molecule has 0 aromatic heterocycles. The highest BCUT2D eigenvalue weighted by molar-refractivity contribution is 5.77. The third-order valence-electron chi connectivity index (χ3n) is 2.17. The second-order valence-corrected chi connectivity index (χ2v) is 6.80. The van der Waals surface area contributed by atoms with E-state index < -0.39 is 11.7 Å². The van der Waals surface area contributed by atoms with E-state index in [1.54, 1.807) is 20.8 Å². The van der Waals surface area contributed by atoms with Gasteiger partial charge >= 0.3 is 6.09 Å². The molecule has 0 aromatic carbocycles. The van der Waals surface area contributed by atoms with Gasteiger partial charge in [-0.3, -0.25) is 4.79 Å². The number of ether oxygens (including phenoxy) is 1. The van der Waals surface area contributed by atoms with Crippen LogP contribution in [0, 0.1) is 0 Å². The van der Waals surface area contributed by atoms with Gasteiger partial charge in [0.2, 0.25) is 5.91 Å². The van der Waals surface area contributed by atoms with Gasteiger partial charge in [-0.1, -0.05) is 0 Å². The summed E-state index contributed by atoms with van der Waals surface area (Å²) in [4.78, 5) is 25.2. The van der Waals surface area contributed by atoms with Crippen molar-refractivity contribution >= 4 is 12.0 Å². The van der Waals surface area contributed by atoms with Gasteiger partial charge in [0, 0.05) is 31.6 Å². The van der Waals surface area contributed by atoms with Crippen LogP contribution in [0.3, 0.4) is 0 Å². The lowest BCUT2D eigenvalue weighted by Crippen LogP contribution is -2.44. The predicted molar refractivity (Wildman–Crippen MR) is 79.4 cm³/mol. The fourth-order valence-electron chi connectivity index (χ4n) is 1.49. The Hall–Kier alpha value is -1.30. The molecule has 0 aliphatic carbocycles. The quantitative estimate of drug-likeness (QED) is 0.802. The van der Waals surface area contributed by atoms with Crippen molar-refractivity contribution in [2.24, 2.45) is 5.73 Å². The van der Waals surface area contributed by atoms with Gasteiger partial charge in [-0.05, 0) is 41.5 Å². The van der Waals surface area contributed by atoms with Gasteiger partial charge in [-0.25, -0.2) is 4.79 Å². The van der Waals surface area contributed by atoms with Crippen LogP contribution in [-0.2, 0) is 9.53 Å². The standard InChI is InChI=1S/C14H29N3O3/c1-13(2,3)16-11(18)7-9-17(10-8-15)12(19)20-14(4,5)6/h7-10,15H2,1-6H3,(H,16,18). The molecule has 0 radical (unpaired) electrons. The minimum absolute atomic E-state index is 0.0944. The normalized spacial score (nSPS) is 11.9. The van der Waals surface area contributed by atoms with Gasteiger partial charge in [0.1, 0.15) is 5.60 Å². The number of nitrogens with one attached hydrogen (secondary N) is 1. The Kier molecular flexibility index (Phi) is 6.99. The predicted octanol–water partition coefficient (Wildman–Crippen LogP) is 1.49. The van der Waals surface area contributed by atoms with Crippen LogP contribution in [0.4, 0.5) is 4.79 Å². The molecule has 6 nitrogen and oxygen atoms in total. The molecule has 0 saturated carbocycles. The molecule has 6 heteroatoms. The van der Waals surface area contributed by atoms with Crippen LogP contribution >= 0.6 is 0 Å². The molecule has 2 amide bonds. The van der Waals surface area contributed by atoms with Crippen molar-refractivity contribution in [2.75, 3.05) is 19.6 Å². The Labute approximate surface area is 122 Å². The molecule has 0 fully saturated rings. The Bertz CT molecular complexity index is 330. The monoisotopic (exact) mass is 287 g/mol. The van der Waals surface area contributed by atoms with Crippen LogP contribution in [0.2, 0.25) is 0 Å². The number of nitrogens with two attached hydrogens (primary N) is 1. The highest BCUT2D eigenvalue weighted by atomic mass is 16.6. The van der Waals surface area contributed by atoms with E-state index in [1.165, 1.54) is 4.90 Å². The molecule has 0 aliphatic heterocycles. The van der Waals surface area contributed by atoms with Crippen molar-refractivity contribution in [2.45, 2.75) is 59.1 Å². The molecule has 118 valence electrons. The Balaban J connectivity index is 4.41. The maximum absolute atomic E-state index is 12.0. The highest BCUT2D eigenvalue weighted by Crippen LogP contribution is 2.10. The molecular weight excluding hydrogens is 258 g/mol. The van der Waals surface area contributed by atoms with Gasteiger partial charge in [0.15, 0.2) is 0 Å². The van der Waals surface area contributed by atoms with Crippen molar-refractivity contribution in [3.63, 3.8) is 0 Å². The molecule has 0 rings (SSSR count). The molecule has 0 spiro atoms. The summed E-state index contributed by atoms with van der Waals surface area (Å²) in [6, 6.07) is 0. The van der Waals surface area contributed by atoms with Gasteiger partial charge < -0.3 is 20.7 Å². The summed E-state index contributed by atoms with van der Waals surface area (Å²) in [6.45, 7) is 12.2. The molecule has 20 heavy (non-hydrogen) atoms. The van der Waals surface area contributed by atoms with Crippen molar-refractivity contribution in [1.29, 1.82) is 0 Å². The second kappa shape index (κ2) is 7.47. The minimum Gasteiger partial charge on any atom is -0.444 e. The second-order valence-electron chi connectivity index (χ2n) is 6.80. The van der Waals surface area contributed by atoms with E-state index in [2.05, 4.69) is 5.32 Å². The number of carbonyl (C=O) groups is 2. The lowest BCUT2D eigenvalue weighted by molar-refractivity contribution is -0.122. The highest BCUT2D eigenvalue weighted by Gasteiger charge is 2.22. The lowest BCUT2D eigenvalue weighted by Gasteiger charge is -2.27. The van der Waals surface area contributed by atoms with Crippen molar-refractivity contribution in [3.05, 3.63) is 0 Å². The third-order valence-corrected chi connectivity index (χ3v) is 2.17. The van der Waals surface area contributed by atoms with Crippen LogP contribution in [0.5, 0.6) is 0 Å². The van der Waals surface area contributed by atoms with Crippen LogP contribution in [-0.4, -0.2) is 47.7 Å². The number of hydrogen-bond acceptors (Lipinski definition) is 4. The van der Waals surface area contributed by atoms with Gasteiger partial charge in [-0.15, -0.1) is 0 Å². The SMILES string of the molecule is CC(C)(C)NC(=O)CCN(CCN)C(=O)OC(C)(C)C. The minimum atomic E-state index is -0.558. The van der Waals surface area contributed by atoms with E-state index in [0.29, 0.717) is 19.6 Å². The number of hydrogen-bond donors (Lipinski definition) is 2. The summed E-state index contributed by atoms with van der Waals surface area (Å²) < 4.78 is 5.29. The van der Waals surface area contributed by atoms with E-state index >= 15 is 0 Å². The van der Waals surface area contributed by atoms with Gasteiger partial charge in [0.25, 0.3) is 0 Å². The first-order chi connectivity index (χ1) is 8.94. The molecule has 0 unspecified atom stereocenters. The van der Waals surface area contributed by atoms with Gasteiger partial charge in [-0.2, -0.15) is 0 Å². The van der Waals surface area contributed by atoms with Crippen LogP contribution in [0.25, 0.3) is 0 Å². The molecule has 0 saturated heterocycles. The van der Waals surface area contributed by atoms with Crippen molar-refractivity contribution in [3.8, 4) is 0 Å². The largest absolute Gasteiger partial charge is 0.444 e. The van der Waals surface area contributed by atoms with E-state index in [-0.39, 0.29) is 17.9 Å². The lowest BCUT2D eigenvalue weighted by atomic mass is 10.1. The average Bonchev–Trinajstić information content (AvgIpc) is 2.18. The average molecular weight is 287 g/mol. The van der Waals surface area contributed by atoms with Crippen LogP contribution in [0.15, 0.2) is 0 Å². The van der Waals surface area contributed by atoms with Crippen molar-refractivity contribution in [1.82, 2.24) is 10.2 Å². The summed E-state index contributed by atoms with van der Waals surface area (Å²) in [5.74, 6) is -0.0944. The Morgan fingerprint density at radius 2 is 1.65 bits per heavy atom. The summed E-state index contributed by atoms with van der Waals surface area (Å²) in [5, 5.41) is 2.85. The van der Waals surface area contributed by atoms with E-state index in [9.17, 15) is 9.59 Å². The summed E-state index contributed by atoms with van der Waals surface area (Å²) in [5.41, 5.74) is 4.66. The van der Waals surface area contributed by atoms with Crippen LogP contribution < -0.4 is 11.1 Å². The zero-order valence-electron chi connectivity index (χ0n) is 13.6. The smallest absolute Gasteiger partial charge is 0.410 e. The molecule has 3 N–H and O–H groups in total.